The summed E-state index contributed by atoms with van der Waals surface area (Å²) in [6.45, 7) is 3.04. The summed E-state index contributed by atoms with van der Waals surface area (Å²) in [6.07, 6.45) is 2.19. The van der Waals surface area contributed by atoms with Gasteiger partial charge in [-0.25, -0.2) is 0 Å². The minimum absolute atomic E-state index is 0.638. The standard InChI is InChI=1S/C11H17ClN2S/c1-14-5-3-8(7-14)11-10(12)6-9(15-11)2-4-13/h6,8H,2-5,7,13H2,1H3. The van der Waals surface area contributed by atoms with Crippen molar-refractivity contribution in [2.45, 2.75) is 18.8 Å². The molecule has 0 saturated carbocycles. The van der Waals surface area contributed by atoms with E-state index in [4.69, 9.17) is 17.3 Å². The van der Waals surface area contributed by atoms with E-state index in [0.29, 0.717) is 12.5 Å². The van der Waals surface area contributed by atoms with Crippen molar-refractivity contribution in [3.05, 3.63) is 20.8 Å². The number of nitrogens with two attached hydrogens (primary N) is 1. The molecule has 2 heterocycles. The van der Waals surface area contributed by atoms with E-state index in [9.17, 15) is 0 Å². The van der Waals surface area contributed by atoms with Crippen LogP contribution in [0.2, 0.25) is 5.02 Å². The summed E-state index contributed by atoms with van der Waals surface area (Å²) in [5.41, 5.74) is 5.55. The molecule has 15 heavy (non-hydrogen) atoms. The largest absolute Gasteiger partial charge is 0.330 e. The van der Waals surface area contributed by atoms with Crippen molar-refractivity contribution < 1.29 is 0 Å². The fraction of sp³-hybridized carbons (Fsp3) is 0.636. The third-order valence-corrected chi connectivity index (χ3v) is 4.70. The minimum Gasteiger partial charge on any atom is -0.330 e. The average molecular weight is 245 g/mol. The van der Waals surface area contributed by atoms with Crippen LogP contribution in [0.15, 0.2) is 6.07 Å². The van der Waals surface area contributed by atoms with Crippen LogP contribution in [0.25, 0.3) is 0 Å². The summed E-state index contributed by atoms with van der Waals surface area (Å²) in [7, 11) is 2.17. The number of halogens is 1. The second-order valence-electron chi connectivity index (χ2n) is 4.21. The lowest BCUT2D eigenvalue weighted by Gasteiger charge is -2.08. The van der Waals surface area contributed by atoms with Gasteiger partial charge in [0.2, 0.25) is 0 Å². The number of likely N-dealkylation sites (tertiary alicyclic amines) is 1. The Labute approximate surface area is 100 Å². The Morgan fingerprint density at radius 1 is 1.67 bits per heavy atom. The van der Waals surface area contributed by atoms with Gasteiger partial charge in [-0.15, -0.1) is 11.3 Å². The zero-order valence-electron chi connectivity index (χ0n) is 9.00. The summed E-state index contributed by atoms with van der Waals surface area (Å²) in [6, 6.07) is 2.09. The van der Waals surface area contributed by atoms with E-state index in [0.717, 1.165) is 18.0 Å². The molecule has 1 saturated heterocycles. The van der Waals surface area contributed by atoms with Crippen LogP contribution in [0.4, 0.5) is 0 Å². The third kappa shape index (κ3) is 2.53. The van der Waals surface area contributed by atoms with Gasteiger partial charge >= 0.3 is 0 Å². The molecule has 1 unspecified atom stereocenters. The van der Waals surface area contributed by atoms with Crippen LogP contribution in [0.1, 0.15) is 22.1 Å². The molecule has 1 aromatic heterocycles. The van der Waals surface area contributed by atoms with Gasteiger partial charge in [0, 0.05) is 22.2 Å². The Morgan fingerprint density at radius 2 is 2.47 bits per heavy atom. The predicted octanol–water partition coefficient (Wildman–Crippen LogP) is 2.32. The van der Waals surface area contributed by atoms with Crippen molar-refractivity contribution in [1.82, 2.24) is 4.90 Å². The molecule has 0 aromatic carbocycles. The van der Waals surface area contributed by atoms with Crippen molar-refractivity contribution in [3.63, 3.8) is 0 Å². The van der Waals surface area contributed by atoms with Crippen molar-refractivity contribution in [1.29, 1.82) is 0 Å². The fourth-order valence-electron chi connectivity index (χ4n) is 2.12. The Balaban J connectivity index is 2.13. The normalized spacial score (nSPS) is 22.5. The maximum atomic E-state index is 6.26. The molecule has 1 aromatic rings. The van der Waals surface area contributed by atoms with Crippen LogP contribution >= 0.6 is 22.9 Å². The van der Waals surface area contributed by atoms with E-state index in [1.807, 2.05) is 11.3 Å². The fourth-order valence-corrected chi connectivity index (χ4v) is 3.79. The molecule has 84 valence electrons. The summed E-state index contributed by atoms with van der Waals surface area (Å²) < 4.78 is 0. The zero-order valence-corrected chi connectivity index (χ0v) is 10.6. The van der Waals surface area contributed by atoms with Crippen LogP contribution in [0.5, 0.6) is 0 Å². The van der Waals surface area contributed by atoms with E-state index in [1.165, 1.54) is 22.7 Å². The van der Waals surface area contributed by atoms with Gasteiger partial charge in [-0.1, -0.05) is 11.6 Å². The van der Waals surface area contributed by atoms with E-state index >= 15 is 0 Å². The first-order valence-corrected chi connectivity index (χ1v) is 6.57. The molecule has 1 aliphatic rings. The number of hydrogen-bond acceptors (Lipinski definition) is 3. The first-order valence-electron chi connectivity index (χ1n) is 5.37. The molecular formula is C11H17ClN2S. The highest BCUT2D eigenvalue weighted by Crippen LogP contribution is 2.37. The average Bonchev–Trinajstić information content (AvgIpc) is 2.73. The van der Waals surface area contributed by atoms with E-state index in [1.54, 1.807) is 0 Å². The molecule has 0 aliphatic carbocycles. The molecule has 0 amide bonds. The van der Waals surface area contributed by atoms with Gasteiger partial charge in [-0.3, -0.25) is 0 Å². The van der Waals surface area contributed by atoms with E-state index in [-0.39, 0.29) is 0 Å². The smallest absolute Gasteiger partial charge is 0.0551 e. The number of nitrogens with zero attached hydrogens (tertiary/aromatic N) is 1. The first kappa shape index (κ1) is 11.4. The second-order valence-corrected chi connectivity index (χ2v) is 5.79. The number of likely N-dealkylation sites (N-methyl/N-ethyl adjacent to an activating group) is 1. The summed E-state index contributed by atoms with van der Waals surface area (Å²) in [4.78, 5) is 5.06. The highest BCUT2D eigenvalue weighted by atomic mass is 35.5. The molecule has 1 atom stereocenters. The highest BCUT2D eigenvalue weighted by molar-refractivity contribution is 7.12. The lowest BCUT2D eigenvalue weighted by atomic mass is 10.1. The van der Waals surface area contributed by atoms with Crippen molar-refractivity contribution in [3.8, 4) is 0 Å². The van der Waals surface area contributed by atoms with E-state index < -0.39 is 0 Å². The molecule has 2 nitrogen and oxygen atoms in total. The SMILES string of the molecule is CN1CCC(c2sc(CCN)cc2Cl)C1. The van der Waals surface area contributed by atoms with Crippen LogP contribution in [0.3, 0.4) is 0 Å². The second kappa shape index (κ2) is 4.83. The molecule has 2 rings (SSSR count). The quantitative estimate of drug-likeness (QED) is 0.884. The van der Waals surface area contributed by atoms with Gasteiger partial charge in [0.1, 0.15) is 0 Å². The topological polar surface area (TPSA) is 29.3 Å². The lowest BCUT2D eigenvalue weighted by Crippen LogP contribution is -2.13. The number of rotatable bonds is 3. The van der Waals surface area contributed by atoms with Crippen LogP contribution in [-0.2, 0) is 6.42 Å². The van der Waals surface area contributed by atoms with Gasteiger partial charge in [0.05, 0.1) is 5.02 Å². The first-order chi connectivity index (χ1) is 7.20. The number of thiophene rings is 1. The molecule has 2 N–H and O–H groups in total. The maximum Gasteiger partial charge on any atom is 0.0551 e. The molecule has 0 radical (unpaired) electrons. The zero-order chi connectivity index (χ0) is 10.8. The van der Waals surface area contributed by atoms with Crippen LogP contribution in [0, 0.1) is 0 Å². The molecule has 1 aliphatic heterocycles. The molecule has 4 heteroatoms. The lowest BCUT2D eigenvalue weighted by molar-refractivity contribution is 0.412. The minimum atomic E-state index is 0.638. The maximum absolute atomic E-state index is 6.26. The van der Waals surface area contributed by atoms with Gasteiger partial charge in [-0.05, 0) is 39.0 Å². The Bertz CT molecular complexity index is 337. The Hall–Kier alpha value is -0.0900. The van der Waals surface area contributed by atoms with Gasteiger partial charge in [0.15, 0.2) is 0 Å². The number of hydrogen-bond donors (Lipinski definition) is 1. The summed E-state index contributed by atoms with van der Waals surface area (Å²) >= 11 is 8.10. The molecule has 0 spiro atoms. The van der Waals surface area contributed by atoms with Crippen molar-refractivity contribution in [2.75, 3.05) is 26.7 Å². The Morgan fingerprint density at radius 3 is 3.07 bits per heavy atom. The molecule has 1 fully saturated rings. The van der Waals surface area contributed by atoms with Gasteiger partial charge < -0.3 is 10.6 Å². The van der Waals surface area contributed by atoms with Crippen molar-refractivity contribution >= 4 is 22.9 Å². The van der Waals surface area contributed by atoms with E-state index in [2.05, 4.69) is 18.0 Å². The van der Waals surface area contributed by atoms with Crippen LogP contribution in [-0.4, -0.2) is 31.6 Å². The van der Waals surface area contributed by atoms with Crippen LogP contribution < -0.4 is 5.73 Å². The predicted molar refractivity (Wildman–Crippen MR) is 66.9 cm³/mol. The third-order valence-electron chi connectivity index (χ3n) is 2.92. The summed E-state index contributed by atoms with van der Waals surface area (Å²) in [5, 5.41) is 0.948. The van der Waals surface area contributed by atoms with Gasteiger partial charge in [0.25, 0.3) is 0 Å². The van der Waals surface area contributed by atoms with Crippen molar-refractivity contribution in [2.24, 2.45) is 5.73 Å². The molecular weight excluding hydrogens is 228 g/mol. The van der Waals surface area contributed by atoms with Gasteiger partial charge in [-0.2, -0.15) is 0 Å². The Kier molecular flexibility index (Phi) is 3.67. The molecule has 0 bridgehead atoms. The summed E-state index contributed by atoms with van der Waals surface area (Å²) in [5.74, 6) is 0.638. The highest BCUT2D eigenvalue weighted by Gasteiger charge is 2.24. The monoisotopic (exact) mass is 244 g/mol.